The molecule has 0 saturated carbocycles. The molecule has 0 fully saturated rings. The number of rotatable bonds is 9. The first-order valence-corrected chi connectivity index (χ1v) is 12.0. The number of alkyl halides is 6. The van der Waals surface area contributed by atoms with Gasteiger partial charge >= 0.3 is 12.4 Å². The molecule has 0 unspecified atom stereocenters. The minimum atomic E-state index is -4.63. The maximum atomic E-state index is 13.6. The van der Waals surface area contributed by atoms with Gasteiger partial charge in [-0.3, -0.25) is 4.98 Å². The Morgan fingerprint density at radius 3 is 2.31 bits per heavy atom. The number of nitrogens with one attached hydrogen (secondary N) is 2. The van der Waals surface area contributed by atoms with Crippen LogP contribution >= 0.6 is 0 Å². The lowest BCUT2D eigenvalue weighted by molar-refractivity contribution is -0.138. The van der Waals surface area contributed by atoms with Crippen LogP contribution in [-0.4, -0.2) is 34.2 Å². The van der Waals surface area contributed by atoms with Crippen LogP contribution in [0.15, 0.2) is 60.8 Å². The lowest BCUT2D eigenvalue weighted by Gasteiger charge is -2.15. The van der Waals surface area contributed by atoms with E-state index >= 15 is 0 Å². The van der Waals surface area contributed by atoms with Crippen molar-refractivity contribution in [3.8, 4) is 11.4 Å². The zero-order chi connectivity index (χ0) is 28.2. The number of fused-ring (bicyclic) bond motifs is 1. The van der Waals surface area contributed by atoms with Crippen LogP contribution in [0.3, 0.4) is 0 Å². The third-order valence-electron chi connectivity index (χ3n) is 5.61. The van der Waals surface area contributed by atoms with E-state index in [1.54, 1.807) is 12.1 Å². The van der Waals surface area contributed by atoms with Gasteiger partial charge in [-0.05, 0) is 68.4 Å². The molecule has 39 heavy (non-hydrogen) atoms. The summed E-state index contributed by atoms with van der Waals surface area (Å²) in [6.07, 6.45) is -7.78. The summed E-state index contributed by atoms with van der Waals surface area (Å²) < 4.78 is 85.2. The molecule has 0 atom stereocenters. The number of pyridine rings is 3. The van der Waals surface area contributed by atoms with Crippen molar-refractivity contribution in [2.24, 2.45) is 0 Å². The van der Waals surface area contributed by atoms with E-state index in [-0.39, 0.29) is 23.1 Å². The fraction of sp³-hybridized carbons (Fsp3) is 0.296. The third kappa shape index (κ3) is 7.21. The number of aromatic nitrogens is 3. The molecule has 6 nitrogen and oxygen atoms in total. The van der Waals surface area contributed by atoms with Gasteiger partial charge in [-0.1, -0.05) is 0 Å². The quantitative estimate of drug-likeness (QED) is 0.173. The zero-order valence-corrected chi connectivity index (χ0v) is 21.0. The van der Waals surface area contributed by atoms with Crippen molar-refractivity contribution in [1.29, 1.82) is 0 Å². The number of ether oxygens (including phenoxy) is 1. The molecular weight excluding hydrogens is 524 g/mol. The molecule has 0 aliphatic heterocycles. The minimum absolute atomic E-state index is 0.0150. The summed E-state index contributed by atoms with van der Waals surface area (Å²) in [6, 6.07) is 11.3. The highest BCUT2D eigenvalue weighted by atomic mass is 19.4. The Morgan fingerprint density at radius 2 is 1.64 bits per heavy atom. The Bertz CT molecular complexity index is 1420. The highest BCUT2D eigenvalue weighted by Gasteiger charge is 2.34. The highest BCUT2D eigenvalue weighted by Crippen LogP contribution is 2.36. The van der Waals surface area contributed by atoms with E-state index in [4.69, 9.17) is 4.74 Å². The van der Waals surface area contributed by atoms with Gasteiger partial charge in [0.05, 0.1) is 40.9 Å². The van der Waals surface area contributed by atoms with E-state index in [0.29, 0.717) is 42.2 Å². The molecule has 2 N–H and O–H groups in total. The predicted molar refractivity (Wildman–Crippen MR) is 135 cm³/mol. The van der Waals surface area contributed by atoms with Gasteiger partial charge in [0.2, 0.25) is 0 Å². The topological polar surface area (TPSA) is 72.0 Å². The normalized spacial score (nSPS) is 12.3. The van der Waals surface area contributed by atoms with Gasteiger partial charge in [-0.2, -0.15) is 26.3 Å². The standard InChI is InChI=1S/C27H25F6N5O/c1-16(2)39-13-12-34-15-19-14-23(36-18-7-5-17(6-8-18)26(28,29)30)20-9-10-22(38-25(20)37-19)24-21(27(31,32)33)4-3-11-35-24/h3-11,14,16,34H,12-13,15H2,1-2H3,(H,36,37,38). The van der Waals surface area contributed by atoms with Crippen molar-refractivity contribution in [2.75, 3.05) is 18.5 Å². The number of halogens is 6. The molecule has 12 heteroatoms. The molecule has 0 aliphatic carbocycles. The van der Waals surface area contributed by atoms with Crippen molar-refractivity contribution in [1.82, 2.24) is 20.3 Å². The Hall–Kier alpha value is -3.77. The molecule has 4 rings (SSSR count). The molecule has 4 aromatic rings. The second kappa shape index (κ2) is 11.5. The molecule has 1 aromatic carbocycles. The SMILES string of the molecule is CC(C)OCCNCc1cc(Nc2ccc(C(F)(F)F)cc2)c2ccc(-c3ncccc3C(F)(F)F)nc2n1. The summed E-state index contributed by atoms with van der Waals surface area (Å²) in [5.74, 6) is 0. The van der Waals surface area contributed by atoms with Gasteiger partial charge in [0.1, 0.15) is 5.69 Å². The van der Waals surface area contributed by atoms with Crippen molar-refractivity contribution in [3.05, 3.63) is 77.6 Å². The highest BCUT2D eigenvalue weighted by molar-refractivity contribution is 5.92. The van der Waals surface area contributed by atoms with E-state index < -0.39 is 23.5 Å². The summed E-state index contributed by atoms with van der Waals surface area (Å²) in [5.41, 5.74) is -0.536. The largest absolute Gasteiger partial charge is 0.418 e. The number of hydrogen-bond donors (Lipinski definition) is 2. The summed E-state index contributed by atoms with van der Waals surface area (Å²) in [7, 11) is 0. The Kier molecular flexibility index (Phi) is 8.36. The first-order valence-electron chi connectivity index (χ1n) is 12.0. The van der Waals surface area contributed by atoms with Crippen molar-refractivity contribution >= 4 is 22.4 Å². The van der Waals surface area contributed by atoms with E-state index in [0.717, 1.165) is 18.2 Å². The average Bonchev–Trinajstić information content (AvgIpc) is 2.87. The van der Waals surface area contributed by atoms with E-state index in [1.807, 2.05) is 13.8 Å². The van der Waals surface area contributed by atoms with Crippen LogP contribution < -0.4 is 10.6 Å². The van der Waals surface area contributed by atoms with Crippen LogP contribution in [0.25, 0.3) is 22.4 Å². The maximum absolute atomic E-state index is 13.6. The second-order valence-corrected chi connectivity index (χ2v) is 8.92. The summed E-state index contributed by atoms with van der Waals surface area (Å²) in [6.45, 7) is 5.11. The fourth-order valence-electron chi connectivity index (χ4n) is 3.80. The molecule has 0 amide bonds. The van der Waals surface area contributed by atoms with E-state index in [9.17, 15) is 26.3 Å². The lowest BCUT2D eigenvalue weighted by Crippen LogP contribution is -2.21. The monoisotopic (exact) mass is 549 g/mol. The van der Waals surface area contributed by atoms with Crippen molar-refractivity contribution in [3.63, 3.8) is 0 Å². The van der Waals surface area contributed by atoms with Gasteiger partial charge in [-0.25, -0.2) is 9.97 Å². The number of benzene rings is 1. The molecule has 0 bridgehead atoms. The minimum Gasteiger partial charge on any atom is -0.377 e. The maximum Gasteiger partial charge on any atom is 0.418 e. The van der Waals surface area contributed by atoms with E-state index in [1.165, 1.54) is 30.5 Å². The van der Waals surface area contributed by atoms with E-state index in [2.05, 4.69) is 25.6 Å². The predicted octanol–water partition coefficient (Wildman–Crippen LogP) is 6.99. The van der Waals surface area contributed by atoms with Crippen LogP contribution in [0.1, 0.15) is 30.7 Å². The zero-order valence-electron chi connectivity index (χ0n) is 21.0. The molecule has 3 aromatic heterocycles. The molecule has 206 valence electrons. The Labute approximate surface area is 220 Å². The number of hydrogen-bond acceptors (Lipinski definition) is 6. The first-order chi connectivity index (χ1) is 18.4. The molecule has 3 heterocycles. The third-order valence-corrected chi connectivity index (χ3v) is 5.61. The summed E-state index contributed by atoms with van der Waals surface area (Å²) in [4.78, 5) is 12.8. The summed E-state index contributed by atoms with van der Waals surface area (Å²) in [5, 5.41) is 6.73. The van der Waals surface area contributed by atoms with Gasteiger partial charge in [-0.15, -0.1) is 0 Å². The molecule has 0 aliphatic rings. The van der Waals surface area contributed by atoms with Crippen molar-refractivity contribution in [2.45, 2.75) is 38.8 Å². The molecular formula is C27H25F6N5O. The molecule has 0 spiro atoms. The first kappa shape index (κ1) is 28.2. The fourth-order valence-corrected chi connectivity index (χ4v) is 3.80. The second-order valence-electron chi connectivity index (χ2n) is 8.92. The van der Waals surface area contributed by atoms with Crippen LogP contribution in [0.4, 0.5) is 37.7 Å². The number of nitrogens with zero attached hydrogens (tertiary/aromatic N) is 3. The lowest BCUT2D eigenvalue weighted by atomic mass is 10.1. The Balaban J connectivity index is 1.71. The molecule has 0 saturated heterocycles. The average molecular weight is 550 g/mol. The van der Waals surface area contributed by atoms with Gasteiger partial charge < -0.3 is 15.4 Å². The van der Waals surface area contributed by atoms with Crippen LogP contribution in [0.2, 0.25) is 0 Å². The van der Waals surface area contributed by atoms with Gasteiger partial charge in [0.15, 0.2) is 5.65 Å². The summed E-state index contributed by atoms with van der Waals surface area (Å²) >= 11 is 0. The van der Waals surface area contributed by atoms with Crippen molar-refractivity contribution < 1.29 is 31.1 Å². The van der Waals surface area contributed by atoms with Crippen LogP contribution in [0.5, 0.6) is 0 Å². The van der Waals surface area contributed by atoms with Crippen LogP contribution in [-0.2, 0) is 23.6 Å². The number of anilines is 2. The smallest absolute Gasteiger partial charge is 0.377 e. The Morgan fingerprint density at radius 1 is 0.897 bits per heavy atom. The molecule has 0 radical (unpaired) electrons. The van der Waals surface area contributed by atoms with Gasteiger partial charge in [0, 0.05) is 30.4 Å². The van der Waals surface area contributed by atoms with Gasteiger partial charge in [0.25, 0.3) is 0 Å². The van der Waals surface area contributed by atoms with Crippen LogP contribution in [0, 0.1) is 0 Å².